The van der Waals surface area contributed by atoms with Gasteiger partial charge in [0.1, 0.15) is 11.5 Å². The molecule has 2 atom stereocenters. The predicted octanol–water partition coefficient (Wildman–Crippen LogP) is 11.0. The monoisotopic (exact) mass is 702 g/mol. The van der Waals surface area contributed by atoms with Gasteiger partial charge >= 0.3 is 0 Å². The van der Waals surface area contributed by atoms with Crippen molar-refractivity contribution in [1.29, 1.82) is 0 Å². The highest BCUT2D eigenvalue weighted by Crippen LogP contribution is 2.42. The van der Waals surface area contributed by atoms with Crippen molar-refractivity contribution >= 4 is 23.2 Å². The van der Waals surface area contributed by atoms with Crippen LogP contribution in [-0.2, 0) is 14.9 Å². The molecule has 6 rings (SSSR count). The average Bonchev–Trinajstić information content (AvgIpc) is 3.21. The number of aliphatic imine (C=N–C) groups is 2. The summed E-state index contributed by atoms with van der Waals surface area (Å²) in [6, 6.07) is 53.2. The lowest BCUT2D eigenvalue weighted by molar-refractivity contribution is 0.381. The van der Waals surface area contributed by atoms with Gasteiger partial charge in [0.15, 0.2) is 0 Å². The Kier molecular flexibility index (Phi) is 11.7. The Morgan fingerprint density at radius 3 is 1.11 bits per heavy atom. The molecule has 0 bridgehead atoms. The van der Waals surface area contributed by atoms with Crippen molar-refractivity contribution in [1.82, 2.24) is 0 Å². The zero-order chi connectivity index (χ0) is 37.2. The number of ether oxygens (including phenoxy) is 4. The first kappa shape index (κ1) is 36.6. The van der Waals surface area contributed by atoms with Crippen molar-refractivity contribution in [3.05, 3.63) is 191 Å². The van der Waals surface area contributed by atoms with E-state index in [2.05, 4.69) is 62.4 Å². The zero-order valence-electron chi connectivity index (χ0n) is 31.2. The van der Waals surface area contributed by atoms with Crippen LogP contribution < -0.4 is 9.47 Å². The first-order valence-corrected chi connectivity index (χ1v) is 17.7. The molecule has 0 heterocycles. The molecule has 6 aromatic carbocycles. The zero-order valence-corrected chi connectivity index (χ0v) is 31.2. The van der Waals surface area contributed by atoms with Gasteiger partial charge < -0.3 is 18.9 Å². The van der Waals surface area contributed by atoms with Gasteiger partial charge in [-0.05, 0) is 58.7 Å². The van der Waals surface area contributed by atoms with Crippen LogP contribution in [0.2, 0.25) is 0 Å². The molecule has 0 amide bonds. The molecule has 0 aliphatic carbocycles. The molecular weight excluding hydrogens is 657 g/mol. The highest BCUT2D eigenvalue weighted by molar-refractivity contribution is 5.91. The minimum Gasteiger partial charge on any atom is -0.496 e. The van der Waals surface area contributed by atoms with Crippen molar-refractivity contribution in [3.8, 4) is 11.5 Å². The Hall–Kier alpha value is -6.14. The van der Waals surface area contributed by atoms with E-state index in [1.54, 1.807) is 28.4 Å². The summed E-state index contributed by atoms with van der Waals surface area (Å²) in [7, 11) is 6.76. The second-order valence-electron chi connectivity index (χ2n) is 13.2. The number of methoxy groups -OCH3 is 4. The second kappa shape index (κ2) is 16.9. The van der Waals surface area contributed by atoms with Crippen molar-refractivity contribution in [2.45, 2.75) is 31.1 Å². The van der Waals surface area contributed by atoms with E-state index in [9.17, 15) is 0 Å². The molecule has 0 aromatic heterocycles. The summed E-state index contributed by atoms with van der Waals surface area (Å²) in [5, 5.41) is 0. The normalized spacial score (nSPS) is 13.2. The highest BCUT2D eigenvalue weighted by Gasteiger charge is 2.32. The van der Waals surface area contributed by atoms with E-state index in [1.165, 1.54) is 0 Å². The molecule has 0 saturated carbocycles. The number of benzene rings is 6. The van der Waals surface area contributed by atoms with Gasteiger partial charge in [-0.25, -0.2) is 9.98 Å². The van der Waals surface area contributed by atoms with Gasteiger partial charge in [-0.1, -0.05) is 135 Å². The summed E-state index contributed by atoms with van der Waals surface area (Å²) in [6.07, 6.45) is 0. The Morgan fingerprint density at radius 2 is 0.792 bits per heavy atom. The molecule has 0 aliphatic rings. The standard InChI is InChI=1S/C47H46N2O4/c1-47(2,35-27-29-41(50-3)39(31-35)43(33-19-11-7-12-20-33)45(52-5)48-37-23-15-9-16-24-37)36-28-30-42(51-4)40(32-36)44(34-21-13-8-14-22-34)46(53-6)49-38-25-17-10-18-26-38/h7-32,43-44H,1-6H3/b48-45-,49-46-. The predicted molar refractivity (Wildman–Crippen MR) is 216 cm³/mol. The molecule has 6 aromatic rings. The molecule has 0 aliphatic heterocycles. The molecule has 268 valence electrons. The van der Waals surface area contributed by atoms with Gasteiger partial charge in [0.25, 0.3) is 0 Å². The Morgan fingerprint density at radius 1 is 0.453 bits per heavy atom. The van der Waals surface area contributed by atoms with E-state index < -0.39 is 5.41 Å². The Bertz CT molecular complexity index is 1990. The van der Waals surface area contributed by atoms with E-state index in [1.807, 2.05) is 109 Å². The molecule has 0 radical (unpaired) electrons. The summed E-state index contributed by atoms with van der Waals surface area (Å²) < 4.78 is 24.2. The lowest BCUT2D eigenvalue weighted by Crippen LogP contribution is -2.23. The summed E-state index contributed by atoms with van der Waals surface area (Å²) in [4.78, 5) is 9.98. The summed E-state index contributed by atoms with van der Waals surface area (Å²) in [6.45, 7) is 4.48. The van der Waals surface area contributed by atoms with E-state index in [0.29, 0.717) is 11.8 Å². The lowest BCUT2D eigenvalue weighted by atomic mass is 9.75. The number of hydrogen-bond acceptors (Lipinski definition) is 6. The lowest BCUT2D eigenvalue weighted by Gasteiger charge is -2.30. The van der Waals surface area contributed by atoms with Crippen LogP contribution in [0.1, 0.15) is 59.1 Å². The molecule has 6 nitrogen and oxygen atoms in total. The van der Waals surface area contributed by atoms with Gasteiger partial charge in [0.05, 0.1) is 51.6 Å². The van der Waals surface area contributed by atoms with Gasteiger partial charge in [-0.2, -0.15) is 0 Å². The van der Waals surface area contributed by atoms with E-state index >= 15 is 0 Å². The smallest absolute Gasteiger partial charge is 0.200 e. The second-order valence-corrected chi connectivity index (χ2v) is 13.2. The number of nitrogens with zero attached hydrogens (tertiary/aromatic N) is 2. The first-order valence-electron chi connectivity index (χ1n) is 17.7. The van der Waals surface area contributed by atoms with Crippen LogP contribution in [0.25, 0.3) is 0 Å². The molecule has 0 saturated heterocycles. The minimum absolute atomic E-state index is 0.334. The first-order chi connectivity index (χ1) is 25.9. The van der Waals surface area contributed by atoms with E-state index in [4.69, 9.17) is 28.9 Å². The fourth-order valence-electron chi connectivity index (χ4n) is 6.78. The molecule has 53 heavy (non-hydrogen) atoms. The summed E-state index contributed by atoms with van der Waals surface area (Å²) in [5.74, 6) is 1.96. The van der Waals surface area contributed by atoms with Crippen LogP contribution in [-0.4, -0.2) is 40.2 Å². The molecule has 2 unspecified atom stereocenters. The maximum Gasteiger partial charge on any atom is 0.200 e. The van der Waals surface area contributed by atoms with Crippen LogP contribution in [0, 0.1) is 0 Å². The van der Waals surface area contributed by atoms with Crippen molar-refractivity contribution in [2.24, 2.45) is 9.98 Å². The quantitative estimate of drug-likeness (QED) is 0.0941. The summed E-state index contributed by atoms with van der Waals surface area (Å²) in [5.41, 5.74) is 7.35. The van der Waals surface area contributed by atoms with Gasteiger partial charge in [-0.3, -0.25) is 0 Å². The van der Waals surface area contributed by atoms with E-state index in [-0.39, 0.29) is 11.8 Å². The molecule has 6 heteroatoms. The third-order valence-electron chi connectivity index (χ3n) is 9.69. The maximum absolute atomic E-state index is 6.08. The topological polar surface area (TPSA) is 61.6 Å². The fraction of sp³-hybridized carbons (Fsp3) is 0.191. The summed E-state index contributed by atoms with van der Waals surface area (Å²) >= 11 is 0. The number of hydrogen-bond donors (Lipinski definition) is 0. The molecule has 0 N–H and O–H groups in total. The maximum atomic E-state index is 6.08. The molecule has 0 fully saturated rings. The van der Waals surface area contributed by atoms with Gasteiger partial charge in [0, 0.05) is 16.5 Å². The van der Waals surface area contributed by atoms with Crippen LogP contribution in [0.4, 0.5) is 11.4 Å². The highest BCUT2D eigenvalue weighted by atomic mass is 16.5. The fourth-order valence-corrected chi connectivity index (χ4v) is 6.78. The average molecular weight is 703 g/mol. The third-order valence-corrected chi connectivity index (χ3v) is 9.69. The van der Waals surface area contributed by atoms with Crippen LogP contribution in [0.3, 0.4) is 0 Å². The number of para-hydroxylation sites is 2. The van der Waals surface area contributed by atoms with E-state index in [0.717, 1.165) is 56.3 Å². The van der Waals surface area contributed by atoms with Crippen molar-refractivity contribution in [2.75, 3.05) is 28.4 Å². The van der Waals surface area contributed by atoms with Crippen LogP contribution in [0.5, 0.6) is 11.5 Å². The Balaban J connectivity index is 1.51. The third kappa shape index (κ3) is 8.18. The van der Waals surface area contributed by atoms with Crippen molar-refractivity contribution < 1.29 is 18.9 Å². The SMILES string of the molecule is CO/C(=N\c1ccccc1)C(c1ccccc1)c1cc(C(C)(C)c2ccc(OC)c(C(/C(=N/c3ccccc3)OC)c3ccccc3)c2)ccc1OC. The molecular formula is C47H46N2O4. The van der Waals surface area contributed by atoms with Gasteiger partial charge in [-0.15, -0.1) is 0 Å². The minimum atomic E-state index is -0.460. The number of rotatable bonds is 12. The van der Waals surface area contributed by atoms with Crippen LogP contribution >= 0.6 is 0 Å². The van der Waals surface area contributed by atoms with Crippen molar-refractivity contribution in [3.63, 3.8) is 0 Å². The van der Waals surface area contributed by atoms with Crippen LogP contribution in [0.15, 0.2) is 168 Å². The molecule has 0 spiro atoms. The van der Waals surface area contributed by atoms with Gasteiger partial charge in [0.2, 0.25) is 11.8 Å². The largest absolute Gasteiger partial charge is 0.496 e. The Labute approximate surface area is 313 Å².